The number of nitrogens with one attached hydrogen (secondary N) is 1. The number of halogens is 6. The van der Waals surface area contributed by atoms with Crippen LogP contribution in [0, 0.1) is 24.4 Å². The second-order valence-corrected chi connectivity index (χ2v) is 16.7. The van der Waals surface area contributed by atoms with Crippen LogP contribution in [0.1, 0.15) is 61.8 Å². The van der Waals surface area contributed by atoms with Gasteiger partial charge in [0.15, 0.2) is 23.0 Å². The summed E-state index contributed by atoms with van der Waals surface area (Å²) >= 11 is 18.6. The molecule has 2 fully saturated rings. The Morgan fingerprint density at radius 2 is 1.64 bits per heavy atom. The van der Waals surface area contributed by atoms with E-state index in [-0.39, 0.29) is 24.6 Å². The third kappa shape index (κ3) is 8.77. The first-order valence-corrected chi connectivity index (χ1v) is 19.0. The molecule has 1 saturated heterocycles. The smallest absolute Gasteiger partial charge is 0.411 e. The highest BCUT2D eigenvalue weighted by Crippen LogP contribution is 2.43. The van der Waals surface area contributed by atoms with Gasteiger partial charge in [0, 0.05) is 31.2 Å². The molecule has 53 heavy (non-hydrogen) atoms. The highest BCUT2D eigenvalue weighted by Gasteiger charge is 2.50. The molecule has 2 amide bonds. The lowest BCUT2D eigenvalue weighted by molar-refractivity contribution is -0.128. The molecule has 3 aromatic carbocycles. The zero-order chi connectivity index (χ0) is 38.1. The van der Waals surface area contributed by atoms with E-state index in [1.54, 1.807) is 4.90 Å². The SMILES string of the molecule is Cc1ccccc1CCN(C(=O)C1=C(c2ccc(CCCOc3c(F)ccc(F)c3F)cc2)CC2CNC[C@H]1N2C(=O)OC(C)(C)C(Cl)(Cl)Cl)C1CC1. The minimum atomic E-state index is -1.89. The average Bonchev–Trinajstić information content (AvgIpc) is 3.95. The van der Waals surface area contributed by atoms with Crippen LogP contribution in [0.15, 0.2) is 66.2 Å². The fraction of sp³-hybridized carbons (Fsp3) is 0.450. The van der Waals surface area contributed by atoms with Crippen LogP contribution in [0.4, 0.5) is 18.0 Å². The van der Waals surface area contributed by atoms with Gasteiger partial charge >= 0.3 is 6.09 Å². The number of ether oxygens (including phenoxy) is 2. The Balaban J connectivity index is 1.28. The molecule has 1 N–H and O–H groups in total. The molecule has 2 heterocycles. The quantitative estimate of drug-likeness (QED) is 0.113. The number of amides is 2. The van der Waals surface area contributed by atoms with E-state index in [4.69, 9.17) is 44.3 Å². The minimum absolute atomic E-state index is 0.0142. The maximum absolute atomic E-state index is 14.9. The molecule has 1 aliphatic carbocycles. The zero-order valence-corrected chi connectivity index (χ0v) is 32.1. The molecule has 1 unspecified atom stereocenters. The van der Waals surface area contributed by atoms with E-state index in [1.165, 1.54) is 19.4 Å². The Kier molecular flexibility index (Phi) is 11.9. The number of hydrogen-bond acceptors (Lipinski definition) is 5. The Morgan fingerprint density at radius 1 is 0.943 bits per heavy atom. The predicted octanol–water partition coefficient (Wildman–Crippen LogP) is 8.74. The van der Waals surface area contributed by atoms with Gasteiger partial charge in [0.05, 0.1) is 18.7 Å². The molecule has 3 aliphatic rings. The van der Waals surface area contributed by atoms with Crippen LogP contribution in [-0.2, 0) is 22.4 Å². The highest BCUT2D eigenvalue weighted by molar-refractivity contribution is 6.68. The fourth-order valence-electron chi connectivity index (χ4n) is 7.03. The van der Waals surface area contributed by atoms with Crippen LogP contribution < -0.4 is 10.1 Å². The van der Waals surface area contributed by atoms with Gasteiger partial charge in [0.2, 0.25) is 9.61 Å². The molecule has 0 aromatic heterocycles. The number of carbonyl (C=O) groups is 2. The molecular weight excluding hydrogens is 750 g/mol. The summed E-state index contributed by atoms with van der Waals surface area (Å²) < 4.78 is 50.8. The van der Waals surface area contributed by atoms with Crippen molar-refractivity contribution in [2.45, 2.75) is 86.8 Å². The second kappa shape index (κ2) is 16.1. The molecule has 2 atom stereocenters. The van der Waals surface area contributed by atoms with Gasteiger partial charge in [0.25, 0.3) is 5.91 Å². The van der Waals surface area contributed by atoms with Gasteiger partial charge in [-0.3, -0.25) is 9.69 Å². The van der Waals surface area contributed by atoms with Gasteiger partial charge in [0.1, 0.15) is 0 Å². The molecule has 1 saturated carbocycles. The molecular formula is C40H43Cl3F3N3O4. The standard InChI is InChI=1S/C40H43Cl3F3N3O4/c1-24-7-4-5-9-26(24)18-19-48(28-14-15-28)37(50)34-30(21-29-22-47-23-33(34)49(29)38(51)53-39(2,3)40(41,42)43)27-12-10-25(11-13-27)8-6-20-52-36-32(45)17-16-31(44)35(36)46/h4-5,7,9-13,16-17,28-29,33,47H,6,8,14-15,18-23H2,1-3H3/t29?,33-/m1/s1. The van der Waals surface area contributed by atoms with Crippen LogP contribution >= 0.6 is 34.8 Å². The second-order valence-electron chi connectivity index (χ2n) is 14.4. The number of carbonyl (C=O) groups excluding carboxylic acids is 2. The maximum atomic E-state index is 14.9. The van der Waals surface area contributed by atoms with E-state index in [2.05, 4.69) is 24.4 Å². The van der Waals surface area contributed by atoms with Gasteiger partial charge in [-0.05, 0) is 99.3 Å². The number of hydrogen-bond donors (Lipinski definition) is 1. The summed E-state index contributed by atoms with van der Waals surface area (Å²) in [6, 6.07) is 16.7. The van der Waals surface area contributed by atoms with Crippen molar-refractivity contribution in [3.05, 3.63) is 106 Å². The molecule has 2 aliphatic heterocycles. The number of alkyl halides is 3. The van der Waals surface area contributed by atoms with Crippen LogP contribution in [0.5, 0.6) is 5.75 Å². The van der Waals surface area contributed by atoms with Crippen molar-refractivity contribution in [1.29, 1.82) is 0 Å². The van der Waals surface area contributed by atoms with Crippen molar-refractivity contribution in [3.8, 4) is 5.75 Å². The summed E-state index contributed by atoms with van der Waals surface area (Å²) in [6.45, 7) is 6.48. The van der Waals surface area contributed by atoms with Crippen molar-refractivity contribution in [3.63, 3.8) is 0 Å². The number of fused-ring (bicyclic) bond motifs is 2. The van der Waals surface area contributed by atoms with Crippen molar-refractivity contribution in [2.75, 3.05) is 26.2 Å². The van der Waals surface area contributed by atoms with Crippen LogP contribution in [0.3, 0.4) is 0 Å². The van der Waals surface area contributed by atoms with Gasteiger partial charge in [-0.15, -0.1) is 0 Å². The largest absolute Gasteiger partial charge is 0.488 e. The molecule has 2 bridgehead atoms. The van der Waals surface area contributed by atoms with Gasteiger partial charge in [-0.2, -0.15) is 4.39 Å². The van der Waals surface area contributed by atoms with Gasteiger partial charge < -0.3 is 19.7 Å². The number of benzene rings is 3. The van der Waals surface area contributed by atoms with Crippen molar-refractivity contribution in [2.24, 2.45) is 0 Å². The number of nitrogens with zero attached hydrogens (tertiary/aromatic N) is 2. The normalized spacial score (nSPS) is 18.9. The summed E-state index contributed by atoms with van der Waals surface area (Å²) in [7, 11) is 0. The number of rotatable bonds is 12. The van der Waals surface area contributed by atoms with Crippen molar-refractivity contribution >= 4 is 52.4 Å². The first-order valence-electron chi connectivity index (χ1n) is 17.9. The lowest BCUT2D eigenvalue weighted by Gasteiger charge is -2.48. The summed E-state index contributed by atoms with van der Waals surface area (Å²) in [4.78, 5) is 32.5. The predicted molar refractivity (Wildman–Crippen MR) is 201 cm³/mol. The van der Waals surface area contributed by atoms with E-state index in [9.17, 15) is 22.8 Å². The molecule has 284 valence electrons. The number of aryl methyl sites for hydroxylation is 2. The lowest BCUT2D eigenvalue weighted by atomic mass is 9.81. The zero-order valence-electron chi connectivity index (χ0n) is 29.9. The third-order valence-electron chi connectivity index (χ3n) is 10.3. The van der Waals surface area contributed by atoms with Gasteiger partial charge in [-0.25, -0.2) is 13.6 Å². The minimum Gasteiger partial charge on any atom is -0.488 e. The van der Waals surface area contributed by atoms with Crippen LogP contribution in [0.25, 0.3) is 5.57 Å². The van der Waals surface area contributed by atoms with E-state index in [0.29, 0.717) is 50.9 Å². The first kappa shape index (κ1) is 39.3. The Morgan fingerprint density at radius 3 is 2.32 bits per heavy atom. The molecule has 6 rings (SSSR count). The van der Waals surface area contributed by atoms with E-state index < -0.39 is 44.7 Å². The lowest BCUT2D eigenvalue weighted by Crippen LogP contribution is -2.64. The monoisotopic (exact) mass is 791 g/mol. The van der Waals surface area contributed by atoms with Gasteiger partial charge in [-0.1, -0.05) is 83.3 Å². The van der Waals surface area contributed by atoms with Crippen molar-refractivity contribution in [1.82, 2.24) is 15.1 Å². The summed E-state index contributed by atoms with van der Waals surface area (Å²) in [5.41, 5.74) is 4.10. The van der Waals surface area contributed by atoms with E-state index in [1.807, 2.05) is 41.3 Å². The van der Waals surface area contributed by atoms with Crippen molar-refractivity contribution < 1.29 is 32.2 Å². The molecule has 7 nitrogen and oxygen atoms in total. The Labute approximate surface area is 323 Å². The van der Waals surface area contributed by atoms with E-state index in [0.717, 1.165) is 47.2 Å². The fourth-order valence-corrected chi connectivity index (χ4v) is 7.15. The first-order chi connectivity index (χ1) is 25.2. The third-order valence-corrected chi connectivity index (χ3v) is 11.7. The van der Waals surface area contributed by atoms with E-state index >= 15 is 0 Å². The maximum Gasteiger partial charge on any atom is 0.411 e. The average molecular weight is 793 g/mol. The molecule has 13 heteroatoms. The Bertz CT molecular complexity index is 1860. The summed E-state index contributed by atoms with van der Waals surface area (Å²) in [5.74, 6) is -4.33. The van der Waals surface area contributed by atoms with Crippen LogP contribution in [0.2, 0.25) is 0 Å². The van der Waals surface area contributed by atoms with Crippen LogP contribution in [-0.4, -0.2) is 75.6 Å². The molecule has 3 aromatic rings. The Hall–Kier alpha value is -3.44. The summed E-state index contributed by atoms with van der Waals surface area (Å²) in [6.07, 6.45) is 3.21. The summed E-state index contributed by atoms with van der Waals surface area (Å²) in [5, 5.41) is 3.42. The molecule has 0 spiro atoms. The topological polar surface area (TPSA) is 71.1 Å². The number of piperazine rings is 1. The highest BCUT2D eigenvalue weighted by atomic mass is 35.6. The molecule has 0 radical (unpaired) electrons.